The van der Waals surface area contributed by atoms with Crippen molar-refractivity contribution in [2.75, 3.05) is 29.1 Å². The van der Waals surface area contributed by atoms with Crippen molar-refractivity contribution in [2.24, 2.45) is 5.92 Å². The minimum atomic E-state index is -0.118. The Morgan fingerprint density at radius 2 is 2.03 bits per heavy atom. The fourth-order valence-electron chi connectivity index (χ4n) is 3.94. The molecule has 4 rings (SSSR count). The van der Waals surface area contributed by atoms with E-state index in [0.717, 1.165) is 55.5 Å². The summed E-state index contributed by atoms with van der Waals surface area (Å²) in [5, 5.41) is 4.37. The summed E-state index contributed by atoms with van der Waals surface area (Å²) in [6.07, 6.45) is 4.01. The van der Waals surface area contributed by atoms with E-state index in [1.165, 1.54) is 28.7 Å². The molecule has 3 aromatic rings. The van der Waals surface area contributed by atoms with Crippen LogP contribution in [0, 0.1) is 5.92 Å². The van der Waals surface area contributed by atoms with E-state index >= 15 is 0 Å². The van der Waals surface area contributed by atoms with Gasteiger partial charge in [0, 0.05) is 25.3 Å². The molecule has 3 heterocycles. The molecule has 1 amide bonds. The second-order valence-electron chi connectivity index (χ2n) is 8.56. The van der Waals surface area contributed by atoms with Gasteiger partial charge in [0.1, 0.15) is 4.70 Å². The number of thioether (sulfide) groups is 1. The highest BCUT2D eigenvalue weighted by atomic mass is 32.2. The average molecular weight is 486 g/mol. The number of hydrogen-bond acceptors (Lipinski definition) is 7. The van der Waals surface area contributed by atoms with Gasteiger partial charge in [-0.3, -0.25) is 14.2 Å². The van der Waals surface area contributed by atoms with E-state index in [9.17, 15) is 9.59 Å². The fourth-order valence-corrected chi connectivity index (χ4v) is 5.76. The summed E-state index contributed by atoms with van der Waals surface area (Å²) in [7, 11) is 0. The van der Waals surface area contributed by atoms with Crippen molar-refractivity contribution in [1.82, 2.24) is 14.5 Å². The number of amides is 1. The van der Waals surface area contributed by atoms with Gasteiger partial charge in [0.25, 0.3) is 5.56 Å². The van der Waals surface area contributed by atoms with Crippen LogP contribution in [0.1, 0.15) is 45.6 Å². The summed E-state index contributed by atoms with van der Waals surface area (Å²) in [5.74, 6) is 0.792. The lowest BCUT2D eigenvalue weighted by atomic mass is 10.00. The van der Waals surface area contributed by atoms with Gasteiger partial charge in [-0.25, -0.2) is 4.98 Å². The van der Waals surface area contributed by atoms with Crippen LogP contribution in [0.2, 0.25) is 0 Å². The number of nitrogens with zero attached hydrogens (tertiary/aromatic N) is 4. The highest BCUT2D eigenvalue weighted by Gasteiger charge is 2.22. The van der Waals surface area contributed by atoms with Gasteiger partial charge >= 0.3 is 0 Å². The Hall–Kier alpha value is -2.39. The zero-order valence-electron chi connectivity index (χ0n) is 19.5. The number of piperidine rings is 1. The molecule has 1 aliphatic heterocycles. The van der Waals surface area contributed by atoms with Gasteiger partial charge in [0.05, 0.1) is 5.75 Å². The Bertz CT molecular complexity index is 1180. The van der Waals surface area contributed by atoms with Crippen LogP contribution < -0.4 is 15.8 Å². The minimum absolute atomic E-state index is 0.0606. The Morgan fingerprint density at radius 1 is 1.24 bits per heavy atom. The lowest BCUT2D eigenvalue weighted by Crippen LogP contribution is -2.32. The van der Waals surface area contributed by atoms with E-state index in [2.05, 4.69) is 24.1 Å². The first-order valence-electron chi connectivity index (χ1n) is 11.7. The van der Waals surface area contributed by atoms with Crippen molar-refractivity contribution in [3.8, 4) is 0 Å². The number of aromatic nitrogens is 3. The van der Waals surface area contributed by atoms with E-state index in [1.54, 1.807) is 4.57 Å². The van der Waals surface area contributed by atoms with Gasteiger partial charge in [-0.05, 0) is 49.3 Å². The molecule has 1 N–H and O–H groups in total. The summed E-state index contributed by atoms with van der Waals surface area (Å²) < 4.78 is 2.29. The number of nitrogens with one attached hydrogen (secondary N) is 1. The summed E-state index contributed by atoms with van der Waals surface area (Å²) in [5.41, 5.74) is 2.39. The van der Waals surface area contributed by atoms with Crippen LogP contribution in [-0.4, -0.2) is 39.3 Å². The lowest BCUT2D eigenvalue weighted by molar-refractivity contribution is -0.113. The van der Waals surface area contributed by atoms with Gasteiger partial charge in [0.2, 0.25) is 5.91 Å². The normalized spacial score (nSPS) is 14.7. The maximum absolute atomic E-state index is 13.3. The van der Waals surface area contributed by atoms with Crippen molar-refractivity contribution in [3.05, 3.63) is 40.2 Å². The van der Waals surface area contributed by atoms with Crippen molar-refractivity contribution in [2.45, 2.75) is 58.2 Å². The third kappa shape index (κ3) is 5.58. The molecule has 1 saturated heterocycles. The van der Waals surface area contributed by atoms with Crippen LogP contribution in [0.25, 0.3) is 10.3 Å². The number of carbonyl (C=O) groups is 1. The van der Waals surface area contributed by atoms with Gasteiger partial charge in [-0.1, -0.05) is 56.0 Å². The molecule has 0 unspecified atom stereocenters. The van der Waals surface area contributed by atoms with Gasteiger partial charge in [-0.2, -0.15) is 4.98 Å². The van der Waals surface area contributed by atoms with E-state index < -0.39 is 0 Å². The van der Waals surface area contributed by atoms with Crippen LogP contribution in [-0.2, 0) is 17.8 Å². The monoisotopic (exact) mass is 485 g/mol. The third-order valence-corrected chi connectivity index (χ3v) is 7.99. The first kappa shape index (κ1) is 23.8. The molecule has 1 aromatic carbocycles. The molecule has 0 saturated carbocycles. The molecule has 2 aromatic heterocycles. The van der Waals surface area contributed by atoms with Crippen LogP contribution in [0.15, 0.2) is 34.2 Å². The molecule has 0 spiro atoms. The summed E-state index contributed by atoms with van der Waals surface area (Å²) in [6, 6.07) is 7.85. The second kappa shape index (κ2) is 10.7. The van der Waals surface area contributed by atoms with Crippen molar-refractivity contribution in [3.63, 3.8) is 0 Å². The first-order valence-corrected chi connectivity index (χ1v) is 13.5. The van der Waals surface area contributed by atoms with E-state index in [1.807, 2.05) is 31.2 Å². The summed E-state index contributed by atoms with van der Waals surface area (Å²) in [4.78, 5) is 37.5. The highest BCUT2D eigenvalue weighted by molar-refractivity contribution is 7.99. The quantitative estimate of drug-likeness (QED) is 0.365. The number of anilines is 2. The van der Waals surface area contributed by atoms with Gasteiger partial charge in [0.15, 0.2) is 15.9 Å². The molecule has 0 aliphatic carbocycles. The Balaban J connectivity index is 1.53. The SMILES string of the molecule is CCCn1c(SCC(=O)Nc2cccc(CC)c2)nc2nc(N3CCC(C)CC3)sc2c1=O. The number of aryl methyl sites for hydroxylation is 1. The number of rotatable bonds is 8. The third-order valence-electron chi connectivity index (χ3n) is 5.92. The molecular weight excluding hydrogens is 454 g/mol. The Morgan fingerprint density at radius 3 is 2.76 bits per heavy atom. The van der Waals surface area contributed by atoms with Gasteiger partial charge < -0.3 is 10.2 Å². The Labute approximate surface area is 202 Å². The molecule has 176 valence electrons. The lowest BCUT2D eigenvalue weighted by Gasteiger charge is -2.29. The summed E-state index contributed by atoms with van der Waals surface area (Å²) in [6.45, 7) is 8.89. The highest BCUT2D eigenvalue weighted by Crippen LogP contribution is 2.30. The smallest absolute Gasteiger partial charge is 0.273 e. The van der Waals surface area contributed by atoms with Crippen molar-refractivity contribution >= 4 is 50.2 Å². The zero-order chi connectivity index (χ0) is 23.4. The predicted molar refractivity (Wildman–Crippen MR) is 138 cm³/mol. The van der Waals surface area contributed by atoms with Crippen molar-refractivity contribution < 1.29 is 4.79 Å². The zero-order valence-corrected chi connectivity index (χ0v) is 21.1. The number of fused-ring (bicyclic) bond motifs is 1. The van der Waals surface area contributed by atoms with Crippen LogP contribution in [0.5, 0.6) is 0 Å². The molecule has 0 atom stereocenters. The molecule has 9 heteroatoms. The number of carbonyl (C=O) groups excluding carboxylic acids is 1. The summed E-state index contributed by atoms with van der Waals surface area (Å²) >= 11 is 2.73. The molecule has 1 aliphatic rings. The van der Waals surface area contributed by atoms with Crippen LogP contribution in [0.4, 0.5) is 10.8 Å². The molecule has 0 bridgehead atoms. The van der Waals surface area contributed by atoms with E-state index in [-0.39, 0.29) is 17.2 Å². The van der Waals surface area contributed by atoms with Gasteiger partial charge in [-0.15, -0.1) is 0 Å². The average Bonchev–Trinajstić information content (AvgIpc) is 3.25. The molecule has 7 nitrogen and oxygen atoms in total. The molecule has 33 heavy (non-hydrogen) atoms. The molecule has 0 radical (unpaired) electrons. The van der Waals surface area contributed by atoms with Crippen LogP contribution >= 0.6 is 23.1 Å². The fraction of sp³-hybridized carbons (Fsp3) is 0.500. The Kier molecular flexibility index (Phi) is 7.70. The first-order chi connectivity index (χ1) is 16.0. The number of hydrogen-bond donors (Lipinski definition) is 1. The topological polar surface area (TPSA) is 80.1 Å². The maximum atomic E-state index is 13.3. The number of benzene rings is 1. The van der Waals surface area contributed by atoms with E-state index in [4.69, 9.17) is 9.97 Å². The van der Waals surface area contributed by atoms with Crippen molar-refractivity contribution in [1.29, 1.82) is 0 Å². The standard InChI is InChI=1S/C24H31N5O2S2/c1-4-11-29-22(31)20-21(26-23(33-20)28-12-9-16(3)10-13-28)27-24(29)32-15-19(30)25-18-8-6-7-17(5-2)14-18/h6-8,14,16H,4-5,9-13,15H2,1-3H3,(H,25,30). The minimum Gasteiger partial charge on any atom is -0.348 e. The number of thiazole rings is 1. The van der Waals surface area contributed by atoms with E-state index in [0.29, 0.717) is 22.0 Å². The molecule has 1 fully saturated rings. The molecular formula is C24H31N5O2S2. The predicted octanol–water partition coefficient (Wildman–Crippen LogP) is 4.79. The van der Waals surface area contributed by atoms with Crippen LogP contribution in [0.3, 0.4) is 0 Å². The second-order valence-corrected chi connectivity index (χ2v) is 10.5. The maximum Gasteiger partial charge on any atom is 0.273 e. The largest absolute Gasteiger partial charge is 0.348 e.